The van der Waals surface area contributed by atoms with Gasteiger partial charge in [0.05, 0.1) is 11.3 Å². The Morgan fingerprint density at radius 1 is 1.04 bits per heavy atom. The molecule has 0 aromatic heterocycles. The van der Waals surface area contributed by atoms with Crippen LogP contribution in [0.1, 0.15) is 18.9 Å². The van der Waals surface area contributed by atoms with Gasteiger partial charge in [0.25, 0.3) is 5.91 Å². The van der Waals surface area contributed by atoms with Gasteiger partial charge in [0.1, 0.15) is 0 Å². The molecule has 0 unspecified atom stereocenters. The Bertz CT molecular complexity index is 880. The number of esters is 1. The molecule has 8 heteroatoms. The lowest BCUT2D eigenvalue weighted by molar-refractivity contribution is -0.152. The van der Waals surface area contributed by atoms with Crippen molar-refractivity contribution < 1.29 is 22.7 Å². The maximum atomic E-state index is 12.1. The van der Waals surface area contributed by atoms with Crippen molar-refractivity contribution in [3.05, 3.63) is 60.2 Å². The summed E-state index contributed by atoms with van der Waals surface area (Å²) >= 11 is 0. The third-order valence-corrected chi connectivity index (χ3v) is 5.15. The van der Waals surface area contributed by atoms with Crippen molar-refractivity contribution in [1.82, 2.24) is 4.72 Å². The first-order valence-corrected chi connectivity index (χ1v) is 9.88. The van der Waals surface area contributed by atoms with Gasteiger partial charge >= 0.3 is 5.97 Å². The van der Waals surface area contributed by atoms with Gasteiger partial charge in [-0.2, -0.15) is 0 Å². The largest absolute Gasteiger partial charge is 0.452 e. The van der Waals surface area contributed by atoms with Crippen molar-refractivity contribution >= 4 is 27.6 Å². The van der Waals surface area contributed by atoms with Crippen molar-refractivity contribution in [3.8, 4) is 0 Å². The molecule has 144 valence electrons. The third-order valence-electron chi connectivity index (χ3n) is 3.67. The maximum Gasteiger partial charge on any atom is 0.307 e. The van der Waals surface area contributed by atoms with E-state index in [2.05, 4.69) is 10.0 Å². The fourth-order valence-electron chi connectivity index (χ4n) is 2.16. The van der Waals surface area contributed by atoms with E-state index in [1.54, 1.807) is 30.3 Å². The van der Waals surface area contributed by atoms with Crippen LogP contribution in [0.15, 0.2) is 59.5 Å². The van der Waals surface area contributed by atoms with E-state index >= 15 is 0 Å². The molecule has 0 aliphatic carbocycles. The van der Waals surface area contributed by atoms with E-state index < -0.39 is 28.0 Å². The van der Waals surface area contributed by atoms with Crippen LogP contribution >= 0.6 is 0 Å². The summed E-state index contributed by atoms with van der Waals surface area (Å²) in [5, 5.41) is 2.65. The first kappa shape index (κ1) is 20.6. The van der Waals surface area contributed by atoms with Gasteiger partial charge in [0.2, 0.25) is 10.0 Å². The molecule has 2 aromatic rings. The molecule has 7 nitrogen and oxygen atoms in total. The lowest BCUT2D eigenvalue weighted by Crippen LogP contribution is -2.32. The number of sulfonamides is 1. The molecule has 0 heterocycles. The van der Waals surface area contributed by atoms with E-state index in [1.165, 1.54) is 19.1 Å². The Hall–Kier alpha value is -2.71. The number of aryl methyl sites for hydroxylation is 1. The zero-order chi connectivity index (χ0) is 19.9. The predicted octanol–water partition coefficient (Wildman–Crippen LogP) is 2.23. The van der Waals surface area contributed by atoms with Crippen LogP contribution in [0, 0.1) is 6.92 Å². The Balaban J connectivity index is 1.77. The Labute approximate surface area is 158 Å². The molecule has 2 N–H and O–H groups in total. The highest BCUT2D eigenvalue weighted by Gasteiger charge is 2.19. The molecule has 0 saturated heterocycles. The van der Waals surface area contributed by atoms with Crippen LogP contribution in [0.5, 0.6) is 0 Å². The molecular formula is C19H22N2O5S. The summed E-state index contributed by atoms with van der Waals surface area (Å²) in [6.07, 6.45) is -1.18. The Morgan fingerprint density at radius 3 is 2.30 bits per heavy atom. The minimum atomic E-state index is -3.68. The Morgan fingerprint density at radius 2 is 1.67 bits per heavy atom. The van der Waals surface area contributed by atoms with Crippen LogP contribution < -0.4 is 10.0 Å². The van der Waals surface area contributed by atoms with Crippen molar-refractivity contribution in [1.29, 1.82) is 0 Å². The zero-order valence-electron chi connectivity index (χ0n) is 15.1. The maximum absolute atomic E-state index is 12.1. The number of hydrogen-bond donors (Lipinski definition) is 2. The molecule has 0 aliphatic rings. The molecule has 0 fully saturated rings. The fourth-order valence-corrected chi connectivity index (χ4v) is 3.21. The van der Waals surface area contributed by atoms with Crippen molar-refractivity contribution in [2.45, 2.75) is 31.3 Å². The number of hydrogen-bond acceptors (Lipinski definition) is 5. The summed E-state index contributed by atoms with van der Waals surface area (Å²) in [6, 6.07) is 15.0. The second-order valence-corrected chi connectivity index (χ2v) is 7.72. The first-order chi connectivity index (χ1) is 12.8. The normalized spacial score (nSPS) is 12.2. The second kappa shape index (κ2) is 9.29. The topological polar surface area (TPSA) is 102 Å². The van der Waals surface area contributed by atoms with Crippen LogP contribution in [0.2, 0.25) is 0 Å². The predicted molar refractivity (Wildman–Crippen MR) is 102 cm³/mol. The number of benzene rings is 2. The lowest BCUT2D eigenvalue weighted by atomic mass is 10.2. The van der Waals surface area contributed by atoms with E-state index in [9.17, 15) is 18.0 Å². The molecule has 0 bridgehead atoms. The van der Waals surface area contributed by atoms with Gasteiger partial charge in [-0.25, -0.2) is 13.1 Å². The first-order valence-electron chi connectivity index (χ1n) is 8.39. The van der Waals surface area contributed by atoms with Crippen molar-refractivity contribution in [2.75, 3.05) is 11.9 Å². The molecule has 2 rings (SSSR count). The van der Waals surface area contributed by atoms with Gasteiger partial charge in [0, 0.05) is 12.2 Å². The lowest BCUT2D eigenvalue weighted by Gasteiger charge is -2.14. The van der Waals surface area contributed by atoms with E-state index in [4.69, 9.17) is 4.74 Å². The van der Waals surface area contributed by atoms with E-state index in [0.29, 0.717) is 5.69 Å². The molecule has 0 spiro atoms. The number of carbonyl (C=O) groups is 2. The number of anilines is 1. The van der Waals surface area contributed by atoms with Crippen LogP contribution in [0.4, 0.5) is 5.69 Å². The average molecular weight is 390 g/mol. The molecule has 1 amide bonds. The molecule has 0 saturated carbocycles. The quantitative estimate of drug-likeness (QED) is 0.673. The van der Waals surface area contributed by atoms with E-state index in [1.807, 2.05) is 19.1 Å². The fraction of sp³-hybridized carbons (Fsp3) is 0.263. The SMILES string of the molecule is Cc1ccc(NC(=O)[C@@H](C)OC(=O)CCNS(=O)(=O)c2ccccc2)cc1. The van der Waals surface area contributed by atoms with Crippen LogP contribution in [0.3, 0.4) is 0 Å². The number of rotatable bonds is 8. The number of amides is 1. The van der Waals surface area contributed by atoms with Gasteiger partial charge in [-0.1, -0.05) is 35.9 Å². The van der Waals surface area contributed by atoms with Gasteiger partial charge in [0.15, 0.2) is 6.10 Å². The highest BCUT2D eigenvalue weighted by atomic mass is 32.2. The minimum absolute atomic E-state index is 0.115. The van der Waals surface area contributed by atoms with E-state index in [-0.39, 0.29) is 17.9 Å². The third kappa shape index (κ3) is 6.50. The van der Waals surface area contributed by atoms with Crippen LogP contribution in [-0.4, -0.2) is 32.9 Å². The number of ether oxygens (including phenoxy) is 1. The van der Waals surface area contributed by atoms with Gasteiger partial charge in [-0.3, -0.25) is 9.59 Å². The van der Waals surface area contributed by atoms with Gasteiger partial charge in [-0.05, 0) is 38.1 Å². The van der Waals surface area contributed by atoms with Crippen LogP contribution in [0.25, 0.3) is 0 Å². The smallest absolute Gasteiger partial charge is 0.307 e. The standard InChI is InChI=1S/C19H22N2O5S/c1-14-8-10-16(11-9-14)21-19(23)15(2)26-18(22)12-13-20-27(24,25)17-6-4-3-5-7-17/h3-11,15,20H,12-13H2,1-2H3,(H,21,23)/t15-/m1/s1. The van der Waals surface area contributed by atoms with Crippen molar-refractivity contribution in [3.63, 3.8) is 0 Å². The highest BCUT2D eigenvalue weighted by molar-refractivity contribution is 7.89. The van der Waals surface area contributed by atoms with Gasteiger partial charge < -0.3 is 10.1 Å². The molecule has 27 heavy (non-hydrogen) atoms. The summed E-state index contributed by atoms with van der Waals surface area (Å²) in [5.41, 5.74) is 1.66. The summed E-state index contributed by atoms with van der Waals surface area (Å²) in [7, 11) is -3.68. The van der Waals surface area contributed by atoms with Crippen molar-refractivity contribution in [2.24, 2.45) is 0 Å². The summed E-state index contributed by atoms with van der Waals surface area (Å²) in [5.74, 6) is -1.13. The summed E-state index contributed by atoms with van der Waals surface area (Å²) in [6.45, 7) is 3.26. The minimum Gasteiger partial charge on any atom is -0.452 e. The molecule has 2 aromatic carbocycles. The second-order valence-electron chi connectivity index (χ2n) is 5.95. The number of nitrogens with one attached hydrogen (secondary N) is 2. The molecule has 1 atom stereocenters. The summed E-state index contributed by atoms with van der Waals surface area (Å²) in [4.78, 5) is 24.0. The van der Waals surface area contributed by atoms with Gasteiger partial charge in [-0.15, -0.1) is 0 Å². The molecule has 0 aliphatic heterocycles. The van der Waals surface area contributed by atoms with Crippen LogP contribution in [-0.2, 0) is 24.3 Å². The monoisotopic (exact) mass is 390 g/mol. The molecule has 0 radical (unpaired) electrons. The summed E-state index contributed by atoms with van der Waals surface area (Å²) < 4.78 is 31.5. The molecular weight excluding hydrogens is 368 g/mol. The highest BCUT2D eigenvalue weighted by Crippen LogP contribution is 2.10. The van der Waals surface area contributed by atoms with E-state index in [0.717, 1.165) is 5.56 Å². The number of carbonyl (C=O) groups excluding carboxylic acids is 2. The average Bonchev–Trinajstić information content (AvgIpc) is 2.64. The Kier molecular flexibility index (Phi) is 7.09. The zero-order valence-corrected chi connectivity index (χ0v) is 16.0.